The monoisotopic (exact) mass is 657 g/mol. The van der Waals surface area contributed by atoms with Gasteiger partial charge in [0.25, 0.3) is 0 Å². The summed E-state index contributed by atoms with van der Waals surface area (Å²) < 4.78 is 43.3. The van der Waals surface area contributed by atoms with Gasteiger partial charge in [0.15, 0.2) is 11.6 Å². The first-order valence-corrected chi connectivity index (χ1v) is 16.0. The van der Waals surface area contributed by atoms with Crippen LogP contribution in [0.1, 0.15) is 55.3 Å². The molecule has 1 N–H and O–H groups in total. The lowest BCUT2D eigenvalue weighted by Gasteiger charge is -2.52. The summed E-state index contributed by atoms with van der Waals surface area (Å²) >= 11 is 12.8. The first-order chi connectivity index (χ1) is 21.6. The Labute approximate surface area is 271 Å². The molecule has 0 aromatic heterocycles. The van der Waals surface area contributed by atoms with Gasteiger partial charge in [0.2, 0.25) is 11.8 Å². The number of halogens is 4. The predicted molar refractivity (Wildman–Crippen MR) is 169 cm³/mol. The lowest BCUT2D eigenvalue weighted by molar-refractivity contribution is -0.146. The number of carbonyl (C=O) groups excluding carboxylic acids is 2. The lowest BCUT2D eigenvalue weighted by Crippen LogP contribution is -2.59. The number of carbonyl (C=O) groups is 2. The van der Waals surface area contributed by atoms with Gasteiger partial charge in [0, 0.05) is 54.3 Å². The number of benzene rings is 3. The van der Waals surface area contributed by atoms with Crippen molar-refractivity contribution in [3.8, 4) is 5.75 Å². The molecule has 2 fully saturated rings. The molecule has 2 saturated heterocycles. The Balaban J connectivity index is 1.59. The topological polar surface area (TPSA) is 71.1 Å². The van der Waals surface area contributed by atoms with Crippen molar-refractivity contribution >= 4 is 40.7 Å². The summed E-state index contributed by atoms with van der Waals surface area (Å²) in [4.78, 5) is 32.8. The summed E-state index contributed by atoms with van der Waals surface area (Å²) in [5.41, 5.74) is -0.128. The third-order valence-corrected chi connectivity index (χ3v) is 9.47. The summed E-state index contributed by atoms with van der Waals surface area (Å²) in [5, 5.41) is 3.80. The fourth-order valence-corrected chi connectivity index (χ4v) is 7.54. The number of nitrogens with one attached hydrogen (secondary N) is 1. The van der Waals surface area contributed by atoms with E-state index in [4.69, 9.17) is 32.7 Å². The molecule has 7 nitrogen and oxygen atoms in total. The second kappa shape index (κ2) is 12.9. The van der Waals surface area contributed by atoms with E-state index < -0.39 is 41.0 Å². The van der Waals surface area contributed by atoms with E-state index in [0.29, 0.717) is 53.0 Å². The van der Waals surface area contributed by atoms with Crippen molar-refractivity contribution in [3.05, 3.63) is 93.0 Å². The fourth-order valence-electron chi connectivity index (χ4n) is 7.17. The summed E-state index contributed by atoms with van der Waals surface area (Å²) in [6.07, 6.45) is 0.0964. The van der Waals surface area contributed by atoms with Crippen LogP contribution in [0, 0.1) is 11.6 Å². The zero-order valence-electron chi connectivity index (χ0n) is 25.1. The normalized spacial score (nSPS) is 23.5. The van der Waals surface area contributed by atoms with Crippen molar-refractivity contribution in [1.82, 2.24) is 9.80 Å². The SMILES string of the molecule is CC(C)Oc1ccc(F)c(F)c1[C@@H]1N(CCCN2CCOCC2)C(=O)C[C@@H](c2cccc(Cl)c2)[C@]12C(=O)Nc1cc(Cl)ccc12. The van der Waals surface area contributed by atoms with Gasteiger partial charge in [-0.05, 0) is 67.8 Å². The second-order valence-corrected chi connectivity index (χ2v) is 12.9. The highest BCUT2D eigenvalue weighted by molar-refractivity contribution is 6.31. The zero-order chi connectivity index (χ0) is 31.9. The molecule has 2 amide bonds. The molecule has 0 saturated carbocycles. The van der Waals surface area contributed by atoms with Crippen LogP contribution in [0.3, 0.4) is 0 Å². The minimum Gasteiger partial charge on any atom is -0.491 e. The molecule has 3 aliphatic heterocycles. The van der Waals surface area contributed by atoms with Crippen LogP contribution in [-0.2, 0) is 19.7 Å². The molecule has 11 heteroatoms. The number of likely N-dealkylation sites (tertiary alicyclic amines) is 1. The van der Waals surface area contributed by atoms with Gasteiger partial charge >= 0.3 is 0 Å². The molecule has 238 valence electrons. The predicted octanol–water partition coefficient (Wildman–Crippen LogP) is 6.73. The average molecular weight is 659 g/mol. The summed E-state index contributed by atoms with van der Waals surface area (Å²) in [6.45, 7) is 7.21. The maximum Gasteiger partial charge on any atom is 0.238 e. The van der Waals surface area contributed by atoms with Crippen LogP contribution in [-0.4, -0.2) is 67.1 Å². The maximum atomic E-state index is 16.4. The quantitative estimate of drug-likeness (QED) is 0.291. The zero-order valence-corrected chi connectivity index (χ0v) is 26.6. The van der Waals surface area contributed by atoms with Crippen molar-refractivity contribution in [2.24, 2.45) is 0 Å². The van der Waals surface area contributed by atoms with Crippen LogP contribution in [0.25, 0.3) is 0 Å². The Hall–Kier alpha value is -3.24. The summed E-state index contributed by atoms with van der Waals surface area (Å²) in [6, 6.07) is 13.2. The Morgan fingerprint density at radius 3 is 2.51 bits per heavy atom. The number of morpholine rings is 1. The molecule has 0 bridgehead atoms. The summed E-state index contributed by atoms with van der Waals surface area (Å²) in [5.74, 6) is -3.70. The van der Waals surface area contributed by atoms with Gasteiger partial charge in [-0.15, -0.1) is 0 Å². The van der Waals surface area contributed by atoms with Crippen molar-refractivity contribution in [2.45, 2.75) is 50.2 Å². The molecule has 3 aromatic rings. The first-order valence-electron chi connectivity index (χ1n) is 15.2. The largest absolute Gasteiger partial charge is 0.491 e. The Kier molecular flexibility index (Phi) is 9.07. The van der Waals surface area contributed by atoms with Gasteiger partial charge in [-0.3, -0.25) is 14.5 Å². The smallest absolute Gasteiger partial charge is 0.238 e. The number of hydrogen-bond acceptors (Lipinski definition) is 5. The number of rotatable bonds is 8. The third-order valence-electron chi connectivity index (χ3n) is 9.00. The van der Waals surface area contributed by atoms with Crippen LogP contribution >= 0.6 is 23.2 Å². The highest BCUT2D eigenvalue weighted by Crippen LogP contribution is 2.61. The van der Waals surface area contributed by atoms with Gasteiger partial charge in [0.05, 0.1) is 30.9 Å². The molecule has 3 heterocycles. The van der Waals surface area contributed by atoms with Gasteiger partial charge in [-0.1, -0.05) is 41.4 Å². The van der Waals surface area contributed by atoms with Gasteiger partial charge in [-0.25, -0.2) is 8.78 Å². The molecular formula is C34H35Cl2F2N3O4. The number of piperidine rings is 1. The molecule has 0 aliphatic carbocycles. The maximum absolute atomic E-state index is 16.4. The standard InChI is InChI=1S/C34H35Cl2F2N3O4/c1-20(2)45-28-10-9-26(37)31(38)30(28)32-34(24-8-7-23(36)18-27(24)39-33(34)43)25(21-5-3-6-22(35)17-21)19-29(42)41(32)12-4-11-40-13-15-44-16-14-40/h3,5-10,17-18,20,25,32H,4,11-16,19H2,1-2H3,(H,39,43)/t25-,32-,34-/m0/s1. The fraction of sp³-hybridized carbons (Fsp3) is 0.412. The van der Waals surface area contributed by atoms with E-state index in [1.54, 1.807) is 55.1 Å². The van der Waals surface area contributed by atoms with Crippen LogP contribution in [0.4, 0.5) is 14.5 Å². The highest BCUT2D eigenvalue weighted by Gasteiger charge is 2.64. The van der Waals surface area contributed by atoms with Crippen LogP contribution < -0.4 is 10.1 Å². The average Bonchev–Trinajstić information content (AvgIpc) is 3.28. The molecule has 3 aromatic carbocycles. The number of ether oxygens (including phenoxy) is 2. The molecule has 45 heavy (non-hydrogen) atoms. The van der Waals surface area contributed by atoms with Crippen molar-refractivity contribution in [1.29, 1.82) is 0 Å². The van der Waals surface area contributed by atoms with E-state index in [1.807, 2.05) is 6.07 Å². The van der Waals surface area contributed by atoms with Gasteiger partial charge in [0.1, 0.15) is 11.2 Å². The Bertz CT molecular complexity index is 1620. The Morgan fingerprint density at radius 2 is 1.78 bits per heavy atom. The van der Waals surface area contributed by atoms with Crippen molar-refractivity contribution < 1.29 is 27.8 Å². The van der Waals surface area contributed by atoms with Crippen LogP contribution in [0.2, 0.25) is 10.0 Å². The second-order valence-electron chi connectivity index (χ2n) is 12.1. The molecule has 0 radical (unpaired) electrons. The van der Waals surface area contributed by atoms with E-state index in [9.17, 15) is 9.59 Å². The number of amides is 2. The highest BCUT2D eigenvalue weighted by atomic mass is 35.5. The number of hydrogen-bond donors (Lipinski definition) is 1. The van der Waals surface area contributed by atoms with E-state index in [0.717, 1.165) is 19.2 Å². The van der Waals surface area contributed by atoms with Crippen LogP contribution in [0.15, 0.2) is 54.6 Å². The molecular weight excluding hydrogens is 623 g/mol. The minimum atomic E-state index is -1.58. The van der Waals surface area contributed by atoms with Gasteiger partial charge < -0.3 is 19.7 Å². The van der Waals surface area contributed by atoms with Crippen molar-refractivity contribution in [3.63, 3.8) is 0 Å². The molecule has 6 rings (SSSR count). The third kappa shape index (κ3) is 5.80. The molecule has 3 aliphatic rings. The van der Waals surface area contributed by atoms with Crippen molar-refractivity contribution in [2.75, 3.05) is 44.7 Å². The first kappa shape index (κ1) is 31.7. The lowest BCUT2D eigenvalue weighted by atomic mass is 9.58. The molecule has 1 spiro atoms. The Morgan fingerprint density at radius 1 is 1.02 bits per heavy atom. The molecule has 3 atom stereocenters. The van der Waals surface area contributed by atoms with E-state index in [-0.39, 0.29) is 30.2 Å². The number of fused-ring (bicyclic) bond motifs is 2. The van der Waals surface area contributed by atoms with E-state index >= 15 is 8.78 Å². The number of anilines is 1. The van der Waals surface area contributed by atoms with Crippen LogP contribution in [0.5, 0.6) is 5.75 Å². The molecule has 0 unspecified atom stereocenters. The minimum absolute atomic E-state index is 0.0544. The van der Waals surface area contributed by atoms with E-state index in [2.05, 4.69) is 10.2 Å². The number of nitrogens with zero attached hydrogens (tertiary/aromatic N) is 2. The summed E-state index contributed by atoms with van der Waals surface area (Å²) in [7, 11) is 0. The van der Waals surface area contributed by atoms with E-state index in [1.165, 1.54) is 6.07 Å². The van der Waals surface area contributed by atoms with Gasteiger partial charge in [-0.2, -0.15) is 0 Å².